The van der Waals surface area contributed by atoms with Crippen LogP contribution < -0.4 is 0 Å². The summed E-state index contributed by atoms with van der Waals surface area (Å²) in [4.78, 5) is 26.1. The average Bonchev–Trinajstić information content (AvgIpc) is 2.70. The fourth-order valence-corrected chi connectivity index (χ4v) is 2.43. The number of carbonyl (C=O) groups is 2. The Hall–Kier alpha value is -1.34. The second-order valence-corrected chi connectivity index (χ2v) is 4.81. The second kappa shape index (κ2) is 5.11. The lowest BCUT2D eigenvalue weighted by Crippen LogP contribution is -2.53. The fraction of sp³-hybridized carbons (Fsp3) is 0.818. The van der Waals surface area contributed by atoms with Crippen molar-refractivity contribution < 1.29 is 24.5 Å². The number of aliphatic carboxylic acids is 1. The minimum absolute atomic E-state index is 0.0431. The van der Waals surface area contributed by atoms with E-state index in [9.17, 15) is 14.7 Å². The van der Waals surface area contributed by atoms with E-state index in [1.165, 1.54) is 4.90 Å². The zero-order chi connectivity index (χ0) is 13.3. The van der Waals surface area contributed by atoms with Gasteiger partial charge in [-0.2, -0.15) is 0 Å². The van der Waals surface area contributed by atoms with E-state index in [0.717, 1.165) is 0 Å². The first kappa shape index (κ1) is 13.1. The van der Waals surface area contributed by atoms with Gasteiger partial charge in [0.05, 0.1) is 18.8 Å². The summed E-state index contributed by atoms with van der Waals surface area (Å²) in [5, 5.41) is 18.6. The van der Waals surface area contributed by atoms with Crippen LogP contribution in [0.3, 0.4) is 0 Å². The van der Waals surface area contributed by atoms with Crippen LogP contribution in [-0.2, 0) is 9.53 Å². The van der Waals surface area contributed by atoms with E-state index in [0.29, 0.717) is 19.7 Å². The molecule has 102 valence electrons. The zero-order valence-electron chi connectivity index (χ0n) is 10.3. The number of aliphatic hydroxyl groups is 1. The molecule has 3 atom stereocenters. The summed E-state index contributed by atoms with van der Waals surface area (Å²) in [5.41, 5.74) is 0. The number of likely N-dealkylation sites (tertiary alicyclic amines) is 1. The van der Waals surface area contributed by atoms with E-state index < -0.39 is 18.1 Å². The van der Waals surface area contributed by atoms with Crippen LogP contribution in [0, 0.1) is 0 Å². The molecule has 2 rings (SSSR count). The van der Waals surface area contributed by atoms with Gasteiger partial charge in [0, 0.05) is 26.1 Å². The van der Waals surface area contributed by atoms with Crippen LogP contribution in [0.4, 0.5) is 4.79 Å². The number of hydrogen-bond donors (Lipinski definition) is 2. The molecule has 0 bridgehead atoms. The van der Waals surface area contributed by atoms with Crippen LogP contribution >= 0.6 is 0 Å². The molecule has 0 aromatic carbocycles. The molecule has 7 nitrogen and oxygen atoms in total. The first-order valence-electron chi connectivity index (χ1n) is 6.07. The van der Waals surface area contributed by atoms with Crippen LogP contribution in [0.15, 0.2) is 0 Å². The molecule has 0 radical (unpaired) electrons. The number of amides is 2. The summed E-state index contributed by atoms with van der Waals surface area (Å²) in [6.45, 7) is 3.33. The molecule has 18 heavy (non-hydrogen) atoms. The Morgan fingerprint density at radius 2 is 2.06 bits per heavy atom. The van der Waals surface area contributed by atoms with Crippen LogP contribution in [0.25, 0.3) is 0 Å². The van der Waals surface area contributed by atoms with Crippen molar-refractivity contribution in [3.63, 3.8) is 0 Å². The van der Waals surface area contributed by atoms with E-state index in [1.54, 1.807) is 4.90 Å². The predicted molar refractivity (Wildman–Crippen MR) is 61.1 cm³/mol. The standard InChI is InChI=1S/C11H18N2O5/c1-7-5-12(2-3-18-7)11(17)13-6-8(14)4-9(13)10(15)16/h7-9,14H,2-6H2,1H3,(H,15,16)/t7?,8-,9+/m1/s1. The Morgan fingerprint density at radius 3 is 2.67 bits per heavy atom. The van der Waals surface area contributed by atoms with Gasteiger partial charge in [0.25, 0.3) is 0 Å². The molecule has 2 fully saturated rings. The highest BCUT2D eigenvalue weighted by Crippen LogP contribution is 2.21. The summed E-state index contributed by atoms with van der Waals surface area (Å²) in [6.07, 6.45) is -0.701. The van der Waals surface area contributed by atoms with E-state index >= 15 is 0 Å². The van der Waals surface area contributed by atoms with Crippen molar-refractivity contribution in [2.75, 3.05) is 26.2 Å². The Balaban J connectivity index is 2.05. The molecule has 7 heteroatoms. The molecule has 0 aromatic heterocycles. The van der Waals surface area contributed by atoms with Crippen LogP contribution in [0.5, 0.6) is 0 Å². The third-order valence-electron chi connectivity index (χ3n) is 3.32. The summed E-state index contributed by atoms with van der Waals surface area (Å²) >= 11 is 0. The van der Waals surface area contributed by atoms with Crippen molar-refractivity contribution in [3.8, 4) is 0 Å². The number of nitrogens with zero attached hydrogens (tertiary/aromatic N) is 2. The molecule has 2 heterocycles. The Labute approximate surface area is 105 Å². The van der Waals surface area contributed by atoms with E-state index in [-0.39, 0.29) is 25.1 Å². The van der Waals surface area contributed by atoms with Crippen molar-refractivity contribution >= 4 is 12.0 Å². The first-order valence-corrected chi connectivity index (χ1v) is 6.07. The third kappa shape index (κ3) is 2.56. The highest BCUT2D eigenvalue weighted by Gasteiger charge is 2.41. The van der Waals surface area contributed by atoms with Crippen molar-refractivity contribution in [2.45, 2.75) is 31.6 Å². The van der Waals surface area contributed by atoms with E-state index in [4.69, 9.17) is 9.84 Å². The lowest BCUT2D eigenvalue weighted by Gasteiger charge is -2.35. The molecule has 2 aliphatic rings. The molecule has 0 saturated carbocycles. The molecule has 0 aromatic rings. The number of carboxylic acid groups (broad SMARTS) is 1. The summed E-state index contributed by atoms with van der Waals surface area (Å²) in [5.74, 6) is -1.07. The quantitative estimate of drug-likeness (QED) is 0.652. The van der Waals surface area contributed by atoms with Gasteiger partial charge in [-0.25, -0.2) is 9.59 Å². The predicted octanol–water partition coefficient (Wildman–Crippen LogP) is -0.653. The lowest BCUT2D eigenvalue weighted by molar-refractivity contribution is -0.141. The molecule has 2 amide bonds. The van der Waals surface area contributed by atoms with Crippen molar-refractivity contribution in [3.05, 3.63) is 0 Å². The third-order valence-corrected chi connectivity index (χ3v) is 3.32. The number of rotatable bonds is 1. The van der Waals surface area contributed by atoms with Gasteiger partial charge in [0.15, 0.2) is 0 Å². The van der Waals surface area contributed by atoms with Crippen LogP contribution in [0.1, 0.15) is 13.3 Å². The number of carbonyl (C=O) groups excluding carboxylic acids is 1. The van der Waals surface area contributed by atoms with Crippen molar-refractivity contribution in [2.24, 2.45) is 0 Å². The maximum atomic E-state index is 12.2. The molecular formula is C11H18N2O5. The normalized spacial score (nSPS) is 32.7. The van der Waals surface area contributed by atoms with Crippen molar-refractivity contribution in [1.29, 1.82) is 0 Å². The Bertz CT molecular complexity index is 348. The topological polar surface area (TPSA) is 90.3 Å². The number of β-amino-alcohol motifs (C(OH)–C–C–N with tert-alkyl or cyclic N) is 1. The molecule has 2 saturated heterocycles. The molecule has 2 N–H and O–H groups in total. The van der Waals surface area contributed by atoms with Gasteiger partial charge in [0.2, 0.25) is 0 Å². The molecule has 2 aliphatic heterocycles. The summed E-state index contributed by atoms with van der Waals surface area (Å²) in [6, 6.07) is -1.25. The highest BCUT2D eigenvalue weighted by atomic mass is 16.5. The summed E-state index contributed by atoms with van der Waals surface area (Å²) in [7, 11) is 0. The van der Waals surface area contributed by atoms with Crippen LogP contribution in [-0.4, -0.2) is 76.5 Å². The molecular weight excluding hydrogens is 240 g/mol. The van der Waals surface area contributed by atoms with Gasteiger partial charge in [-0.1, -0.05) is 0 Å². The second-order valence-electron chi connectivity index (χ2n) is 4.81. The smallest absolute Gasteiger partial charge is 0.326 e. The Kier molecular flexibility index (Phi) is 3.72. The maximum Gasteiger partial charge on any atom is 0.326 e. The fourth-order valence-electron chi connectivity index (χ4n) is 2.43. The Morgan fingerprint density at radius 1 is 1.33 bits per heavy atom. The minimum Gasteiger partial charge on any atom is -0.480 e. The zero-order valence-corrected chi connectivity index (χ0v) is 10.3. The SMILES string of the molecule is CC1CN(C(=O)N2C[C@H](O)C[C@H]2C(=O)O)CCO1. The van der Waals surface area contributed by atoms with Gasteiger partial charge >= 0.3 is 12.0 Å². The molecule has 0 spiro atoms. The number of hydrogen-bond acceptors (Lipinski definition) is 4. The number of aliphatic hydroxyl groups excluding tert-OH is 1. The average molecular weight is 258 g/mol. The van der Waals surface area contributed by atoms with Gasteiger partial charge in [0.1, 0.15) is 6.04 Å². The number of morpholine rings is 1. The minimum atomic E-state index is -1.07. The molecule has 0 aliphatic carbocycles. The summed E-state index contributed by atoms with van der Waals surface area (Å²) < 4.78 is 5.34. The number of urea groups is 1. The van der Waals surface area contributed by atoms with Gasteiger partial charge in [-0.05, 0) is 6.92 Å². The largest absolute Gasteiger partial charge is 0.480 e. The maximum absolute atomic E-state index is 12.2. The monoisotopic (exact) mass is 258 g/mol. The lowest BCUT2D eigenvalue weighted by atomic mass is 10.2. The highest BCUT2D eigenvalue weighted by molar-refractivity contribution is 5.83. The van der Waals surface area contributed by atoms with Gasteiger partial charge in [-0.3, -0.25) is 0 Å². The van der Waals surface area contributed by atoms with Crippen molar-refractivity contribution in [1.82, 2.24) is 9.80 Å². The number of carboxylic acids is 1. The van der Waals surface area contributed by atoms with Gasteiger partial charge < -0.3 is 24.7 Å². The van der Waals surface area contributed by atoms with E-state index in [2.05, 4.69) is 0 Å². The van der Waals surface area contributed by atoms with E-state index in [1.807, 2.05) is 6.92 Å². The first-order chi connectivity index (χ1) is 8.49. The van der Waals surface area contributed by atoms with Gasteiger partial charge in [-0.15, -0.1) is 0 Å². The number of ether oxygens (including phenoxy) is 1. The van der Waals surface area contributed by atoms with Crippen LogP contribution in [0.2, 0.25) is 0 Å². The molecule has 1 unspecified atom stereocenters.